The first-order valence-corrected chi connectivity index (χ1v) is 19.9. The summed E-state index contributed by atoms with van der Waals surface area (Å²) in [4.78, 5) is 36.6. The quantitative estimate of drug-likeness (QED) is 0.0294. The fourth-order valence-corrected chi connectivity index (χ4v) is 5.74. The third kappa shape index (κ3) is 30.1. The Kier molecular flexibility index (Phi) is 34.8. The van der Waals surface area contributed by atoms with E-state index in [0.717, 1.165) is 64.2 Å². The van der Waals surface area contributed by atoms with Crippen molar-refractivity contribution in [3.05, 3.63) is 24.3 Å². The summed E-state index contributed by atoms with van der Waals surface area (Å²) in [5.41, 5.74) is 0. The highest BCUT2D eigenvalue weighted by Gasteiger charge is 2.34. The maximum atomic E-state index is 12.5. The third-order valence-electron chi connectivity index (χ3n) is 8.84. The van der Waals surface area contributed by atoms with Crippen LogP contribution in [0.5, 0.6) is 0 Å². The molecular weight excluding hydrogens is 604 g/mol. The van der Waals surface area contributed by atoms with E-state index >= 15 is 0 Å². The van der Waals surface area contributed by atoms with E-state index in [9.17, 15) is 24.6 Å². The van der Waals surface area contributed by atoms with E-state index in [1.807, 2.05) is 0 Å². The lowest BCUT2D eigenvalue weighted by Crippen LogP contribution is -2.46. The number of carbonyl (C=O) groups is 3. The van der Waals surface area contributed by atoms with Crippen molar-refractivity contribution in [3.8, 4) is 0 Å². The summed E-state index contributed by atoms with van der Waals surface area (Å²) >= 11 is 0. The van der Waals surface area contributed by atoms with E-state index in [0.29, 0.717) is 19.1 Å². The number of aliphatic hydroxyl groups excluding tert-OH is 2. The summed E-state index contributed by atoms with van der Waals surface area (Å²) in [5, 5.41) is 19.7. The molecule has 0 spiro atoms. The smallest absolute Gasteiger partial charge is 0.306 e. The van der Waals surface area contributed by atoms with Crippen LogP contribution in [0.15, 0.2) is 24.3 Å². The highest BCUT2D eigenvalue weighted by Crippen LogP contribution is 2.15. The van der Waals surface area contributed by atoms with Gasteiger partial charge in [0.2, 0.25) is 0 Å². The van der Waals surface area contributed by atoms with E-state index in [1.54, 1.807) is 0 Å². The average molecular weight is 679 g/mol. The molecular formula is C41H74O7. The summed E-state index contributed by atoms with van der Waals surface area (Å²) < 4.78 is 10.6. The van der Waals surface area contributed by atoms with Crippen LogP contribution in [0.4, 0.5) is 0 Å². The monoisotopic (exact) mass is 679 g/mol. The van der Waals surface area contributed by atoms with Gasteiger partial charge in [0.25, 0.3) is 0 Å². The predicted molar refractivity (Wildman–Crippen MR) is 198 cm³/mol. The minimum absolute atomic E-state index is 0.140. The summed E-state index contributed by atoms with van der Waals surface area (Å²) in [6.07, 6.45) is 35.4. The van der Waals surface area contributed by atoms with Crippen molar-refractivity contribution < 1.29 is 34.1 Å². The van der Waals surface area contributed by atoms with Crippen molar-refractivity contribution >= 4 is 18.2 Å². The third-order valence-corrected chi connectivity index (χ3v) is 8.84. The van der Waals surface area contributed by atoms with Crippen LogP contribution in [-0.4, -0.2) is 53.4 Å². The van der Waals surface area contributed by atoms with Gasteiger partial charge in [-0.1, -0.05) is 141 Å². The molecule has 3 atom stereocenters. The molecule has 0 amide bonds. The van der Waals surface area contributed by atoms with Crippen LogP contribution in [0.3, 0.4) is 0 Å². The lowest BCUT2D eigenvalue weighted by Gasteiger charge is -2.26. The Morgan fingerprint density at radius 2 is 0.854 bits per heavy atom. The molecule has 0 bridgehead atoms. The number of unbranched alkanes of at least 4 members (excludes halogenated alkanes) is 22. The highest BCUT2D eigenvalue weighted by molar-refractivity contribution is 5.74. The molecule has 0 unspecified atom stereocenters. The predicted octanol–water partition coefficient (Wildman–Crippen LogP) is 10.4. The van der Waals surface area contributed by atoms with Crippen molar-refractivity contribution in [1.82, 2.24) is 0 Å². The first-order valence-electron chi connectivity index (χ1n) is 19.9. The second kappa shape index (κ2) is 36.3. The molecule has 0 aliphatic rings. The van der Waals surface area contributed by atoms with Crippen molar-refractivity contribution in [2.75, 3.05) is 6.61 Å². The van der Waals surface area contributed by atoms with Gasteiger partial charge in [0.15, 0.2) is 18.5 Å². The molecule has 0 aliphatic carbocycles. The largest absolute Gasteiger partial charge is 0.455 e. The molecule has 0 aromatic rings. The molecule has 7 heteroatoms. The van der Waals surface area contributed by atoms with Crippen LogP contribution < -0.4 is 0 Å². The van der Waals surface area contributed by atoms with Gasteiger partial charge in [-0.25, -0.2) is 0 Å². The first-order chi connectivity index (χ1) is 23.5. The Morgan fingerprint density at radius 1 is 0.521 bits per heavy atom. The minimum atomic E-state index is -1.52. The van der Waals surface area contributed by atoms with Gasteiger partial charge in [-0.05, 0) is 64.2 Å². The molecule has 0 rings (SSSR count). The molecule has 7 nitrogen and oxygen atoms in total. The number of allylic oxidation sites excluding steroid dienone is 4. The molecule has 0 heterocycles. The number of hydrogen-bond acceptors (Lipinski definition) is 7. The number of carbonyl (C=O) groups excluding carboxylic acids is 3. The zero-order valence-corrected chi connectivity index (χ0v) is 31.1. The molecule has 48 heavy (non-hydrogen) atoms. The zero-order valence-electron chi connectivity index (χ0n) is 31.1. The van der Waals surface area contributed by atoms with Gasteiger partial charge in [0.1, 0.15) is 6.10 Å². The van der Waals surface area contributed by atoms with Crippen molar-refractivity contribution in [3.63, 3.8) is 0 Å². The summed E-state index contributed by atoms with van der Waals surface area (Å²) in [7, 11) is 0. The van der Waals surface area contributed by atoms with E-state index in [-0.39, 0.29) is 12.8 Å². The molecule has 0 saturated carbocycles. The maximum absolute atomic E-state index is 12.5. The highest BCUT2D eigenvalue weighted by atomic mass is 16.6. The van der Waals surface area contributed by atoms with Gasteiger partial charge in [0, 0.05) is 12.8 Å². The first kappa shape index (κ1) is 46.0. The average Bonchev–Trinajstić information content (AvgIpc) is 3.09. The van der Waals surface area contributed by atoms with Gasteiger partial charge in [-0.2, -0.15) is 0 Å². The van der Waals surface area contributed by atoms with Crippen molar-refractivity contribution in [2.24, 2.45) is 0 Å². The van der Waals surface area contributed by atoms with Crippen molar-refractivity contribution in [1.29, 1.82) is 0 Å². The summed E-state index contributed by atoms with van der Waals surface area (Å²) in [5.74, 6) is -1.15. The van der Waals surface area contributed by atoms with E-state index in [4.69, 9.17) is 9.47 Å². The zero-order chi connectivity index (χ0) is 35.3. The Labute approximate surface area is 294 Å². The Balaban J connectivity index is 4.06. The summed E-state index contributed by atoms with van der Waals surface area (Å²) in [6.45, 7) is 3.76. The van der Waals surface area contributed by atoms with Gasteiger partial charge in [-0.3, -0.25) is 14.4 Å². The van der Waals surface area contributed by atoms with Gasteiger partial charge < -0.3 is 19.7 Å². The second-order valence-electron chi connectivity index (χ2n) is 13.5. The SMILES string of the molecule is CCCCCCCCC=CCCCCCCCC(=O)O[C@H]([C@H](O)CO)[C@@H](C=O)OC(=O)CCCCCCCC=CCCCCCCCC. The fraction of sp³-hybridized carbons (Fsp3) is 0.829. The Morgan fingerprint density at radius 3 is 1.21 bits per heavy atom. The number of aliphatic hydroxyl groups is 2. The van der Waals surface area contributed by atoms with Crippen LogP contribution in [0.25, 0.3) is 0 Å². The normalized spacial score (nSPS) is 13.6. The van der Waals surface area contributed by atoms with E-state index in [2.05, 4.69) is 38.2 Å². The van der Waals surface area contributed by atoms with Gasteiger partial charge >= 0.3 is 11.9 Å². The molecule has 0 aromatic heterocycles. The standard InChI is InChI=1S/C41H74O7/c1-3-5-7-9-11-13-15-17-19-21-23-25-27-29-31-33-39(45)47-38(36-43)41(37(44)35-42)48-40(46)34-32-30-28-26-24-22-20-18-16-14-12-10-8-6-4-2/h17-20,36-38,41-42,44H,3-16,21-35H2,1-2H3/t37-,38-,41-/m1/s1. The van der Waals surface area contributed by atoms with Crippen LogP contribution in [0.1, 0.15) is 194 Å². The van der Waals surface area contributed by atoms with Crippen LogP contribution >= 0.6 is 0 Å². The second-order valence-corrected chi connectivity index (χ2v) is 13.5. The number of aldehydes is 1. The summed E-state index contributed by atoms with van der Waals surface area (Å²) in [6, 6.07) is 0. The van der Waals surface area contributed by atoms with Crippen molar-refractivity contribution in [2.45, 2.75) is 212 Å². The van der Waals surface area contributed by atoms with Crippen LogP contribution in [0.2, 0.25) is 0 Å². The van der Waals surface area contributed by atoms with Gasteiger partial charge in [0.05, 0.1) is 6.61 Å². The molecule has 280 valence electrons. The van der Waals surface area contributed by atoms with Crippen LogP contribution in [-0.2, 0) is 23.9 Å². The Hall–Kier alpha value is -1.99. The molecule has 0 radical (unpaired) electrons. The molecule has 0 fully saturated rings. The lowest BCUT2D eigenvalue weighted by atomic mass is 10.1. The number of esters is 2. The Bertz CT molecular complexity index is 794. The van der Waals surface area contributed by atoms with E-state index < -0.39 is 36.9 Å². The fourth-order valence-electron chi connectivity index (χ4n) is 5.74. The number of rotatable bonds is 36. The molecule has 2 N–H and O–H groups in total. The molecule has 0 saturated heterocycles. The van der Waals surface area contributed by atoms with E-state index in [1.165, 1.54) is 89.9 Å². The van der Waals surface area contributed by atoms with Gasteiger partial charge in [-0.15, -0.1) is 0 Å². The molecule has 0 aromatic carbocycles. The molecule has 0 aliphatic heterocycles. The lowest BCUT2D eigenvalue weighted by molar-refractivity contribution is -0.179. The topological polar surface area (TPSA) is 110 Å². The maximum Gasteiger partial charge on any atom is 0.306 e. The minimum Gasteiger partial charge on any atom is -0.455 e. The van der Waals surface area contributed by atoms with Crippen LogP contribution in [0, 0.1) is 0 Å². The number of ether oxygens (including phenoxy) is 2. The number of hydrogen-bond donors (Lipinski definition) is 2.